The van der Waals surface area contributed by atoms with Gasteiger partial charge in [-0.05, 0) is 36.2 Å². The molecule has 120 valence electrons. The van der Waals surface area contributed by atoms with Crippen LogP contribution in [0.15, 0.2) is 54.6 Å². The van der Waals surface area contributed by atoms with E-state index in [0.717, 1.165) is 25.1 Å². The second kappa shape index (κ2) is 7.38. The second-order valence-electron chi connectivity index (χ2n) is 5.72. The largest absolute Gasteiger partial charge is 0.369 e. The van der Waals surface area contributed by atoms with Crippen LogP contribution in [0.2, 0.25) is 5.02 Å². The number of nitrogens with one attached hydrogen (secondary N) is 2. The fraction of sp³-hybridized carbons (Fsp3) is 0.278. The molecule has 1 fully saturated rings. The molecule has 0 aromatic heterocycles. The molecule has 3 rings (SSSR count). The number of hydrogen-bond acceptors (Lipinski definition) is 2. The number of para-hydroxylation sites is 1. The van der Waals surface area contributed by atoms with Crippen LogP contribution in [0.4, 0.5) is 10.5 Å². The summed E-state index contributed by atoms with van der Waals surface area (Å²) in [5.41, 5.74) is 2.24. The van der Waals surface area contributed by atoms with Crippen LogP contribution in [0.25, 0.3) is 0 Å². The Morgan fingerprint density at radius 1 is 1.13 bits per heavy atom. The van der Waals surface area contributed by atoms with Gasteiger partial charge in [-0.2, -0.15) is 0 Å². The molecule has 0 radical (unpaired) electrons. The zero-order valence-corrected chi connectivity index (χ0v) is 13.6. The van der Waals surface area contributed by atoms with Crippen molar-refractivity contribution >= 4 is 23.3 Å². The highest BCUT2D eigenvalue weighted by Crippen LogP contribution is 2.19. The Kier molecular flexibility index (Phi) is 5.03. The summed E-state index contributed by atoms with van der Waals surface area (Å²) < 4.78 is 0. The highest BCUT2D eigenvalue weighted by molar-refractivity contribution is 6.30. The number of urea groups is 1. The zero-order valence-electron chi connectivity index (χ0n) is 12.8. The number of amides is 2. The Morgan fingerprint density at radius 3 is 2.61 bits per heavy atom. The minimum atomic E-state index is -0.125. The van der Waals surface area contributed by atoms with Crippen molar-refractivity contribution < 1.29 is 4.79 Å². The summed E-state index contributed by atoms with van der Waals surface area (Å²) in [6, 6.07) is 17.8. The molecule has 1 heterocycles. The molecule has 2 aromatic carbocycles. The maximum atomic E-state index is 12.0. The summed E-state index contributed by atoms with van der Waals surface area (Å²) in [4.78, 5) is 14.3. The van der Waals surface area contributed by atoms with Crippen LogP contribution < -0.4 is 15.5 Å². The van der Waals surface area contributed by atoms with Crippen LogP contribution >= 0.6 is 11.6 Å². The maximum Gasteiger partial charge on any atom is 0.315 e. The van der Waals surface area contributed by atoms with Crippen LogP contribution in [-0.4, -0.2) is 25.2 Å². The predicted octanol–water partition coefficient (Wildman–Crippen LogP) is 3.42. The Morgan fingerprint density at radius 2 is 1.87 bits per heavy atom. The van der Waals surface area contributed by atoms with E-state index in [9.17, 15) is 4.79 Å². The van der Waals surface area contributed by atoms with Gasteiger partial charge in [0.2, 0.25) is 0 Å². The molecule has 4 nitrogen and oxygen atoms in total. The van der Waals surface area contributed by atoms with E-state index in [1.165, 1.54) is 5.69 Å². The van der Waals surface area contributed by atoms with Crippen LogP contribution in [0.5, 0.6) is 0 Å². The maximum absolute atomic E-state index is 12.0. The summed E-state index contributed by atoms with van der Waals surface area (Å²) in [5.74, 6) is 0. The molecule has 1 aliphatic heterocycles. The minimum Gasteiger partial charge on any atom is -0.369 e. The first-order valence-corrected chi connectivity index (χ1v) is 8.17. The molecular weight excluding hydrogens is 310 g/mol. The van der Waals surface area contributed by atoms with E-state index in [1.807, 2.05) is 42.5 Å². The zero-order chi connectivity index (χ0) is 16.1. The average Bonchev–Trinajstić information content (AvgIpc) is 3.04. The summed E-state index contributed by atoms with van der Waals surface area (Å²) >= 11 is 5.85. The Balaban J connectivity index is 1.45. The number of carbonyl (C=O) groups is 1. The van der Waals surface area contributed by atoms with Crippen molar-refractivity contribution in [2.75, 3.05) is 18.0 Å². The summed E-state index contributed by atoms with van der Waals surface area (Å²) in [6.07, 6.45) is 0.962. The number of hydrogen-bond donors (Lipinski definition) is 2. The van der Waals surface area contributed by atoms with E-state index in [4.69, 9.17) is 11.6 Å². The number of carbonyl (C=O) groups excluding carboxylic acids is 1. The van der Waals surface area contributed by atoms with Crippen molar-refractivity contribution in [1.29, 1.82) is 0 Å². The normalized spacial score (nSPS) is 17.1. The average molecular weight is 330 g/mol. The molecule has 1 saturated heterocycles. The predicted molar refractivity (Wildman–Crippen MR) is 93.9 cm³/mol. The first-order chi connectivity index (χ1) is 11.2. The highest BCUT2D eigenvalue weighted by atomic mass is 35.5. The van der Waals surface area contributed by atoms with E-state index >= 15 is 0 Å². The molecule has 1 aliphatic rings. The number of halogens is 1. The van der Waals surface area contributed by atoms with Gasteiger partial charge in [-0.3, -0.25) is 0 Å². The van der Waals surface area contributed by atoms with Gasteiger partial charge in [-0.25, -0.2) is 4.79 Å². The Bertz CT molecular complexity index is 645. The molecule has 2 N–H and O–H groups in total. The van der Waals surface area contributed by atoms with Crippen molar-refractivity contribution in [2.24, 2.45) is 0 Å². The van der Waals surface area contributed by atoms with Crippen LogP contribution in [0, 0.1) is 0 Å². The minimum absolute atomic E-state index is 0.125. The lowest BCUT2D eigenvalue weighted by Crippen LogP contribution is -2.43. The first kappa shape index (κ1) is 15.7. The number of nitrogens with zero attached hydrogens (tertiary/aromatic N) is 1. The lowest BCUT2D eigenvalue weighted by Gasteiger charge is -2.19. The first-order valence-electron chi connectivity index (χ1n) is 7.79. The van der Waals surface area contributed by atoms with E-state index in [2.05, 4.69) is 27.7 Å². The van der Waals surface area contributed by atoms with Gasteiger partial charge in [0.25, 0.3) is 0 Å². The van der Waals surface area contributed by atoms with Gasteiger partial charge < -0.3 is 15.5 Å². The lowest BCUT2D eigenvalue weighted by molar-refractivity contribution is 0.237. The van der Waals surface area contributed by atoms with Gasteiger partial charge in [0, 0.05) is 36.4 Å². The molecule has 5 heteroatoms. The highest BCUT2D eigenvalue weighted by Gasteiger charge is 2.23. The number of rotatable bonds is 4. The van der Waals surface area contributed by atoms with Gasteiger partial charge in [-0.1, -0.05) is 41.9 Å². The van der Waals surface area contributed by atoms with Crippen LogP contribution in [0.3, 0.4) is 0 Å². The van der Waals surface area contributed by atoms with Crippen molar-refractivity contribution in [3.05, 3.63) is 65.2 Å². The number of anilines is 1. The van der Waals surface area contributed by atoms with Gasteiger partial charge in [0.15, 0.2) is 0 Å². The van der Waals surface area contributed by atoms with E-state index in [-0.39, 0.29) is 12.1 Å². The molecule has 0 bridgehead atoms. The van der Waals surface area contributed by atoms with Gasteiger partial charge in [0.1, 0.15) is 0 Å². The molecule has 1 atom stereocenters. The fourth-order valence-corrected chi connectivity index (χ4v) is 2.90. The quantitative estimate of drug-likeness (QED) is 0.902. The van der Waals surface area contributed by atoms with Crippen molar-refractivity contribution in [3.63, 3.8) is 0 Å². The molecule has 1 unspecified atom stereocenters. The molecule has 0 aliphatic carbocycles. The lowest BCUT2D eigenvalue weighted by atomic mass is 10.2. The van der Waals surface area contributed by atoms with Crippen LogP contribution in [0.1, 0.15) is 12.0 Å². The molecule has 0 spiro atoms. The molecule has 23 heavy (non-hydrogen) atoms. The van der Waals surface area contributed by atoms with Crippen molar-refractivity contribution in [3.8, 4) is 0 Å². The van der Waals surface area contributed by atoms with Gasteiger partial charge in [0.05, 0.1) is 0 Å². The molecule has 0 saturated carbocycles. The Hall–Kier alpha value is -2.20. The van der Waals surface area contributed by atoms with E-state index in [1.54, 1.807) is 0 Å². The standard InChI is InChI=1S/C18H20ClN3O/c19-15-8-6-14(7-9-15)12-20-18(23)21-16-10-11-22(13-16)17-4-2-1-3-5-17/h1-9,16H,10-13H2,(H2,20,21,23). The topological polar surface area (TPSA) is 44.4 Å². The van der Waals surface area contributed by atoms with Crippen LogP contribution in [-0.2, 0) is 6.54 Å². The Labute approximate surface area is 141 Å². The molecular formula is C18H20ClN3O. The van der Waals surface area contributed by atoms with Gasteiger partial charge >= 0.3 is 6.03 Å². The fourth-order valence-electron chi connectivity index (χ4n) is 2.77. The van der Waals surface area contributed by atoms with Crippen molar-refractivity contribution in [1.82, 2.24) is 10.6 Å². The van der Waals surface area contributed by atoms with E-state index < -0.39 is 0 Å². The summed E-state index contributed by atoms with van der Waals surface area (Å²) in [7, 11) is 0. The molecule has 2 aromatic rings. The third-order valence-corrected chi connectivity index (χ3v) is 4.26. The monoisotopic (exact) mass is 329 g/mol. The summed E-state index contributed by atoms with van der Waals surface area (Å²) in [6.45, 7) is 2.31. The van der Waals surface area contributed by atoms with Crippen molar-refractivity contribution in [2.45, 2.75) is 19.0 Å². The molecule has 2 amide bonds. The summed E-state index contributed by atoms with van der Waals surface area (Å²) in [5, 5.41) is 6.63. The van der Waals surface area contributed by atoms with E-state index in [0.29, 0.717) is 11.6 Å². The third kappa shape index (κ3) is 4.39. The van der Waals surface area contributed by atoms with Gasteiger partial charge in [-0.15, -0.1) is 0 Å². The second-order valence-corrected chi connectivity index (χ2v) is 6.16. The smallest absolute Gasteiger partial charge is 0.315 e. The number of benzene rings is 2. The third-order valence-electron chi connectivity index (χ3n) is 4.01. The SMILES string of the molecule is O=C(NCc1ccc(Cl)cc1)NC1CCN(c2ccccc2)C1.